The third-order valence-corrected chi connectivity index (χ3v) is 6.58. The van der Waals surface area contributed by atoms with Crippen LogP contribution in [0.2, 0.25) is 0 Å². The lowest BCUT2D eigenvalue weighted by Crippen LogP contribution is -2.03. The number of aliphatic hydroxyl groups is 1. The Balaban J connectivity index is 1.58. The van der Waals surface area contributed by atoms with Crippen molar-refractivity contribution in [1.82, 2.24) is 24.5 Å². The molecule has 1 N–H and O–H groups in total. The van der Waals surface area contributed by atoms with Gasteiger partial charge in [0.1, 0.15) is 22.9 Å². The highest BCUT2D eigenvalue weighted by molar-refractivity contribution is 5.99. The quantitative estimate of drug-likeness (QED) is 0.240. The Morgan fingerprint density at radius 3 is 2.18 bits per heavy atom. The minimum Gasteiger partial charge on any atom is -0.396 e. The minimum absolute atomic E-state index is 0.124. The molecule has 3 aromatic carbocycles. The van der Waals surface area contributed by atoms with Crippen molar-refractivity contribution in [1.29, 1.82) is 0 Å². The van der Waals surface area contributed by atoms with E-state index in [0.29, 0.717) is 24.4 Å². The van der Waals surface area contributed by atoms with Crippen LogP contribution in [0.15, 0.2) is 103 Å². The normalized spacial score (nSPS) is 11.3. The zero-order valence-corrected chi connectivity index (χ0v) is 20.7. The lowest BCUT2D eigenvalue weighted by atomic mass is 10.0. The van der Waals surface area contributed by atoms with Crippen molar-refractivity contribution in [3.63, 3.8) is 0 Å². The third-order valence-electron chi connectivity index (χ3n) is 6.58. The molecule has 0 aliphatic heterocycles. The molecule has 0 saturated carbocycles. The van der Waals surface area contributed by atoms with Crippen molar-refractivity contribution in [2.75, 3.05) is 6.61 Å². The minimum atomic E-state index is -0.302. The molecule has 6 rings (SSSR count). The highest BCUT2D eigenvalue weighted by Crippen LogP contribution is 2.38. The van der Waals surface area contributed by atoms with E-state index >= 15 is 0 Å². The number of hydrogen-bond donors (Lipinski definition) is 1. The van der Waals surface area contributed by atoms with Crippen LogP contribution in [0.5, 0.6) is 0 Å². The number of unbranched alkanes of at least 4 members (excludes halogenated alkanes) is 1. The molecule has 0 aliphatic rings. The van der Waals surface area contributed by atoms with Crippen LogP contribution in [0, 0.1) is 5.82 Å². The molecular formula is C31H26FN5O. The number of benzene rings is 3. The fourth-order valence-corrected chi connectivity index (χ4v) is 4.76. The Hall–Kier alpha value is -4.62. The van der Waals surface area contributed by atoms with Crippen LogP contribution in [-0.2, 0) is 6.54 Å². The second-order valence-electron chi connectivity index (χ2n) is 9.09. The summed E-state index contributed by atoms with van der Waals surface area (Å²) < 4.78 is 15.9. The molecule has 6 aromatic rings. The van der Waals surface area contributed by atoms with Gasteiger partial charge in [-0.1, -0.05) is 48.5 Å². The van der Waals surface area contributed by atoms with E-state index in [9.17, 15) is 9.50 Å². The molecule has 188 valence electrons. The van der Waals surface area contributed by atoms with Gasteiger partial charge in [-0.15, -0.1) is 0 Å². The van der Waals surface area contributed by atoms with Gasteiger partial charge in [0.25, 0.3) is 0 Å². The smallest absolute Gasteiger partial charge is 0.145 e. The van der Waals surface area contributed by atoms with E-state index in [4.69, 9.17) is 15.2 Å². The fourth-order valence-electron chi connectivity index (χ4n) is 4.76. The predicted octanol–water partition coefficient (Wildman–Crippen LogP) is 6.53. The molecule has 38 heavy (non-hydrogen) atoms. The van der Waals surface area contributed by atoms with E-state index in [0.717, 1.165) is 45.5 Å². The maximum atomic E-state index is 13.7. The molecular weight excluding hydrogens is 477 g/mol. The van der Waals surface area contributed by atoms with E-state index in [1.807, 2.05) is 42.5 Å². The number of halogens is 1. The number of hydrogen-bond acceptors (Lipinski definition) is 4. The van der Waals surface area contributed by atoms with Gasteiger partial charge in [0, 0.05) is 35.0 Å². The summed E-state index contributed by atoms with van der Waals surface area (Å²) in [5.74, 6) is -0.302. The largest absolute Gasteiger partial charge is 0.396 e. The molecule has 0 atom stereocenters. The summed E-state index contributed by atoms with van der Waals surface area (Å²) in [6.45, 7) is 0.697. The lowest BCUT2D eigenvalue weighted by Gasteiger charge is -2.10. The van der Waals surface area contributed by atoms with E-state index in [2.05, 4.69) is 34.9 Å². The Kier molecular flexibility index (Phi) is 6.50. The summed E-state index contributed by atoms with van der Waals surface area (Å²) in [6.07, 6.45) is 3.22. The highest BCUT2D eigenvalue weighted by Gasteiger charge is 2.21. The summed E-state index contributed by atoms with van der Waals surface area (Å²) in [7, 11) is 0. The van der Waals surface area contributed by atoms with Gasteiger partial charge in [0.2, 0.25) is 0 Å². The van der Waals surface area contributed by atoms with Gasteiger partial charge in [-0.25, -0.2) is 9.37 Å². The molecule has 0 radical (unpaired) electrons. The topological polar surface area (TPSA) is 68.8 Å². The number of aryl methyl sites for hydroxylation is 1. The second kappa shape index (κ2) is 10.4. The van der Waals surface area contributed by atoms with Crippen LogP contribution >= 0.6 is 0 Å². The van der Waals surface area contributed by atoms with E-state index in [-0.39, 0.29) is 12.4 Å². The van der Waals surface area contributed by atoms with Crippen molar-refractivity contribution in [3.05, 3.63) is 109 Å². The van der Waals surface area contributed by atoms with Crippen molar-refractivity contribution < 1.29 is 9.50 Å². The van der Waals surface area contributed by atoms with Gasteiger partial charge < -0.3 is 5.11 Å². The SMILES string of the molecule is OCCCCn1nc(-c2ccc(F)cc2)c(-c2ccnc3c2cc(-c2ccccc2)n3-c2ccccc2)n1. The van der Waals surface area contributed by atoms with Crippen LogP contribution in [0.4, 0.5) is 4.39 Å². The maximum absolute atomic E-state index is 13.7. The summed E-state index contributed by atoms with van der Waals surface area (Å²) >= 11 is 0. The van der Waals surface area contributed by atoms with E-state index in [1.54, 1.807) is 23.1 Å². The zero-order chi connectivity index (χ0) is 25.9. The van der Waals surface area contributed by atoms with Crippen LogP contribution in [-0.4, -0.2) is 36.3 Å². The van der Waals surface area contributed by atoms with Gasteiger partial charge in [-0.05, 0) is 66.9 Å². The summed E-state index contributed by atoms with van der Waals surface area (Å²) in [5.41, 5.74) is 6.98. The molecule has 0 amide bonds. The van der Waals surface area contributed by atoms with Gasteiger partial charge in [-0.2, -0.15) is 15.0 Å². The Bertz CT molecular complexity index is 1680. The monoisotopic (exact) mass is 503 g/mol. The van der Waals surface area contributed by atoms with Crippen molar-refractivity contribution >= 4 is 11.0 Å². The van der Waals surface area contributed by atoms with Gasteiger partial charge in [0.05, 0.1) is 12.2 Å². The number of rotatable bonds is 8. The maximum Gasteiger partial charge on any atom is 0.145 e. The van der Waals surface area contributed by atoms with Crippen molar-refractivity contribution in [2.24, 2.45) is 0 Å². The number of para-hydroxylation sites is 1. The standard InChI is InChI=1S/C31H26FN5O/c32-24-15-13-23(14-16-24)29-30(35-36(34-29)19-7-8-20-38)26-17-18-33-31-27(26)21-28(22-9-3-1-4-10-22)37(31)25-11-5-2-6-12-25/h1-6,9-18,21,38H,7-8,19-20H2. The molecule has 0 saturated heterocycles. The number of fused-ring (bicyclic) bond motifs is 1. The molecule has 0 unspecified atom stereocenters. The van der Waals surface area contributed by atoms with Gasteiger partial charge in [0.15, 0.2) is 0 Å². The number of pyridine rings is 1. The first kappa shape index (κ1) is 23.8. The average molecular weight is 504 g/mol. The van der Waals surface area contributed by atoms with Crippen LogP contribution in [0.1, 0.15) is 12.8 Å². The van der Waals surface area contributed by atoms with E-state index < -0.39 is 0 Å². The average Bonchev–Trinajstić information content (AvgIpc) is 3.57. The van der Waals surface area contributed by atoms with Crippen molar-refractivity contribution in [3.8, 4) is 39.5 Å². The highest BCUT2D eigenvalue weighted by atomic mass is 19.1. The van der Waals surface area contributed by atoms with E-state index in [1.165, 1.54) is 12.1 Å². The molecule has 0 fully saturated rings. The second-order valence-corrected chi connectivity index (χ2v) is 9.09. The molecule has 7 heteroatoms. The Morgan fingerprint density at radius 2 is 1.45 bits per heavy atom. The van der Waals surface area contributed by atoms with Gasteiger partial charge >= 0.3 is 0 Å². The molecule has 6 nitrogen and oxygen atoms in total. The zero-order valence-electron chi connectivity index (χ0n) is 20.7. The molecule has 0 spiro atoms. The van der Waals surface area contributed by atoms with Crippen LogP contribution < -0.4 is 0 Å². The molecule has 0 bridgehead atoms. The summed E-state index contributed by atoms with van der Waals surface area (Å²) in [6, 6.07) is 30.9. The third kappa shape index (κ3) is 4.48. The van der Waals surface area contributed by atoms with Crippen molar-refractivity contribution in [2.45, 2.75) is 19.4 Å². The lowest BCUT2D eigenvalue weighted by molar-refractivity contribution is 0.278. The van der Waals surface area contributed by atoms with Gasteiger partial charge in [-0.3, -0.25) is 4.57 Å². The Morgan fingerprint density at radius 1 is 0.737 bits per heavy atom. The predicted molar refractivity (Wildman–Crippen MR) is 147 cm³/mol. The number of aliphatic hydroxyl groups excluding tert-OH is 1. The first-order chi connectivity index (χ1) is 18.7. The molecule has 3 aromatic heterocycles. The molecule has 0 aliphatic carbocycles. The first-order valence-corrected chi connectivity index (χ1v) is 12.7. The summed E-state index contributed by atoms with van der Waals surface area (Å²) in [4.78, 5) is 6.47. The Labute approximate surface area is 219 Å². The fraction of sp³-hybridized carbons (Fsp3) is 0.129. The molecule has 3 heterocycles. The van der Waals surface area contributed by atoms with Crippen LogP contribution in [0.25, 0.3) is 50.5 Å². The number of nitrogens with zero attached hydrogens (tertiary/aromatic N) is 5. The number of aromatic nitrogens is 5. The van der Waals surface area contributed by atoms with Crippen LogP contribution in [0.3, 0.4) is 0 Å². The first-order valence-electron chi connectivity index (χ1n) is 12.7. The summed E-state index contributed by atoms with van der Waals surface area (Å²) in [5, 5.41) is 19.8.